The molecule has 4 aliphatic carbocycles. The highest BCUT2D eigenvalue weighted by atomic mass is 16.5. The van der Waals surface area contributed by atoms with E-state index in [2.05, 4.69) is 6.92 Å². The molecule has 0 spiro atoms. The zero-order valence-corrected chi connectivity index (χ0v) is 16.2. The van der Waals surface area contributed by atoms with Gasteiger partial charge in [-0.1, -0.05) is 6.92 Å². The molecule has 0 amide bonds. The first-order valence-electron chi connectivity index (χ1n) is 10.8. The van der Waals surface area contributed by atoms with Crippen molar-refractivity contribution in [1.82, 2.24) is 0 Å². The first kappa shape index (κ1) is 17.0. The molecule has 25 heavy (non-hydrogen) atoms. The second kappa shape index (κ2) is 5.23. The standard InChI is InChI=1S/C22H36O3/c1-13(23)15-4-5-16-14-10-19-18-11-20(2,24)8-9-22(18,12-25-19)17(14)6-7-21(15,16)3/h13-19,23-24H,4-12H2,1-3H3/t13?,14-,15?,16-,17?,18?,19+,20+,21+,22-/m0/s1. The van der Waals surface area contributed by atoms with Crippen molar-refractivity contribution in [3.05, 3.63) is 0 Å². The van der Waals surface area contributed by atoms with E-state index < -0.39 is 5.60 Å². The summed E-state index contributed by atoms with van der Waals surface area (Å²) in [7, 11) is 0. The van der Waals surface area contributed by atoms with Crippen LogP contribution in [0.1, 0.15) is 72.1 Å². The van der Waals surface area contributed by atoms with E-state index in [-0.39, 0.29) is 6.10 Å². The summed E-state index contributed by atoms with van der Waals surface area (Å²) in [5.41, 5.74) is 0.194. The van der Waals surface area contributed by atoms with Crippen molar-refractivity contribution >= 4 is 0 Å². The van der Waals surface area contributed by atoms with Crippen LogP contribution < -0.4 is 0 Å². The number of hydrogen-bond donors (Lipinski definition) is 2. The average Bonchev–Trinajstić information content (AvgIpc) is 3.01. The molecule has 0 radical (unpaired) electrons. The Balaban J connectivity index is 1.48. The lowest BCUT2D eigenvalue weighted by molar-refractivity contribution is -0.141. The van der Waals surface area contributed by atoms with Gasteiger partial charge in [0.15, 0.2) is 0 Å². The lowest BCUT2D eigenvalue weighted by Crippen LogP contribution is -2.58. The molecule has 3 heteroatoms. The van der Waals surface area contributed by atoms with Crippen LogP contribution in [0.25, 0.3) is 0 Å². The fourth-order valence-corrected chi connectivity index (χ4v) is 8.76. The summed E-state index contributed by atoms with van der Waals surface area (Å²) in [6.07, 6.45) is 9.57. The lowest BCUT2D eigenvalue weighted by atomic mass is 9.44. The number of fused-ring (bicyclic) bond motifs is 3. The summed E-state index contributed by atoms with van der Waals surface area (Å²) < 4.78 is 6.40. The van der Waals surface area contributed by atoms with Crippen LogP contribution in [0, 0.1) is 40.4 Å². The van der Waals surface area contributed by atoms with Crippen molar-refractivity contribution in [2.45, 2.75) is 89.9 Å². The van der Waals surface area contributed by atoms with Crippen LogP contribution in [0.15, 0.2) is 0 Å². The van der Waals surface area contributed by atoms with Gasteiger partial charge in [-0.3, -0.25) is 0 Å². The molecular formula is C22H36O3. The van der Waals surface area contributed by atoms with Crippen molar-refractivity contribution in [1.29, 1.82) is 0 Å². The fraction of sp³-hybridized carbons (Fsp3) is 1.00. The number of rotatable bonds is 1. The fourth-order valence-electron chi connectivity index (χ4n) is 8.76. The summed E-state index contributed by atoms with van der Waals surface area (Å²) >= 11 is 0. The normalized spacial score (nSPS) is 61.3. The quantitative estimate of drug-likeness (QED) is 0.758. The molecule has 5 rings (SSSR count). The Morgan fingerprint density at radius 3 is 2.56 bits per heavy atom. The number of ether oxygens (including phenoxy) is 1. The number of aliphatic hydroxyl groups is 2. The van der Waals surface area contributed by atoms with Gasteiger partial charge < -0.3 is 14.9 Å². The highest BCUT2D eigenvalue weighted by Gasteiger charge is 2.67. The summed E-state index contributed by atoms with van der Waals surface area (Å²) in [6.45, 7) is 7.48. The topological polar surface area (TPSA) is 49.7 Å². The van der Waals surface area contributed by atoms with E-state index in [0.29, 0.717) is 28.8 Å². The monoisotopic (exact) mass is 348 g/mol. The van der Waals surface area contributed by atoms with Crippen molar-refractivity contribution in [2.75, 3.05) is 6.61 Å². The van der Waals surface area contributed by atoms with Crippen LogP contribution in [0.4, 0.5) is 0 Å². The first-order chi connectivity index (χ1) is 11.8. The summed E-state index contributed by atoms with van der Waals surface area (Å²) in [4.78, 5) is 0. The minimum Gasteiger partial charge on any atom is -0.393 e. The van der Waals surface area contributed by atoms with Crippen LogP contribution in [0.5, 0.6) is 0 Å². The molecule has 5 aliphatic rings. The maximum atomic E-state index is 10.7. The van der Waals surface area contributed by atoms with Crippen LogP contribution >= 0.6 is 0 Å². The van der Waals surface area contributed by atoms with Crippen LogP contribution in [0.3, 0.4) is 0 Å². The second-order valence-electron chi connectivity index (χ2n) is 11.0. The second-order valence-corrected chi connectivity index (χ2v) is 11.0. The van der Waals surface area contributed by atoms with E-state index in [4.69, 9.17) is 4.74 Å². The highest BCUT2D eigenvalue weighted by Crippen LogP contribution is 2.70. The van der Waals surface area contributed by atoms with Gasteiger partial charge in [-0.15, -0.1) is 0 Å². The third-order valence-corrected chi connectivity index (χ3v) is 9.88. The Morgan fingerprint density at radius 2 is 1.80 bits per heavy atom. The van der Waals surface area contributed by atoms with E-state index in [1.807, 2.05) is 13.8 Å². The molecule has 1 saturated heterocycles. The van der Waals surface area contributed by atoms with Gasteiger partial charge in [-0.2, -0.15) is 0 Å². The van der Waals surface area contributed by atoms with Gasteiger partial charge >= 0.3 is 0 Å². The van der Waals surface area contributed by atoms with Crippen molar-refractivity contribution in [2.24, 2.45) is 40.4 Å². The van der Waals surface area contributed by atoms with Gasteiger partial charge in [-0.25, -0.2) is 0 Å². The van der Waals surface area contributed by atoms with Gasteiger partial charge in [0.1, 0.15) is 0 Å². The van der Waals surface area contributed by atoms with Crippen LogP contribution in [-0.4, -0.2) is 34.6 Å². The zero-order chi connectivity index (χ0) is 17.6. The molecule has 0 aromatic heterocycles. The Labute approximate surface area is 152 Å². The van der Waals surface area contributed by atoms with E-state index in [0.717, 1.165) is 43.6 Å². The van der Waals surface area contributed by atoms with Crippen molar-refractivity contribution in [3.63, 3.8) is 0 Å². The van der Waals surface area contributed by atoms with E-state index in [1.54, 1.807) is 0 Å². The largest absolute Gasteiger partial charge is 0.393 e. The van der Waals surface area contributed by atoms with E-state index >= 15 is 0 Å². The summed E-state index contributed by atoms with van der Waals surface area (Å²) in [6, 6.07) is 0. The molecule has 2 N–H and O–H groups in total. The molecule has 10 atom stereocenters. The molecule has 142 valence electrons. The Morgan fingerprint density at radius 1 is 1.00 bits per heavy atom. The van der Waals surface area contributed by atoms with E-state index in [9.17, 15) is 10.2 Å². The Bertz CT molecular complexity index is 557. The Kier molecular flexibility index (Phi) is 3.56. The van der Waals surface area contributed by atoms with Gasteiger partial charge in [0.05, 0.1) is 24.4 Å². The molecule has 4 unspecified atom stereocenters. The van der Waals surface area contributed by atoms with Gasteiger partial charge in [0.25, 0.3) is 0 Å². The molecule has 1 aliphatic heterocycles. The Hall–Kier alpha value is -0.120. The number of aliphatic hydroxyl groups excluding tert-OH is 1. The van der Waals surface area contributed by atoms with Gasteiger partial charge in [-0.05, 0) is 100 Å². The average molecular weight is 349 g/mol. The molecule has 0 aromatic carbocycles. The zero-order valence-electron chi connectivity index (χ0n) is 16.2. The molecular weight excluding hydrogens is 312 g/mol. The molecule has 3 nitrogen and oxygen atoms in total. The molecule has 0 aromatic rings. The molecule has 2 bridgehead atoms. The van der Waals surface area contributed by atoms with Crippen LogP contribution in [0.2, 0.25) is 0 Å². The minimum atomic E-state index is -0.485. The summed E-state index contributed by atoms with van der Waals surface area (Å²) in [5, 5.41) is 21.0. The van der Waals surface area contributed by atoms with E-state index in [1.165, 1.54) is 32.1 Å². The van der Waals surface area contributed by atoms with Gasteiger partial charge in [0.2, 0.25) is 0 Å². The lowest BCUT2D eigenvalue weighted by Gasteiger charge is -2.60. The van der Waals surface area contributed by atoms with Crippen molar-refractivity contribution in [3.8, 4) is 0 Å². The maximum absolute atomic E-state index is 10.7. The highest BCUT2D eigenvalue weighted by molar-refractivity contribution is 5.15. The smallest absolute Gasteiger partial charge is 0.0623 e. The predicted octanol–water partition coefficient (Wildman–Crippen LogP) is 3.77. The van der Waals surface area contributed by atoms with Crippen molar-refractivity contribution < 1.29 is 14.9 Å². The minimum absolute atomic E-state index is 0.168. The maximum Gasteiger partial charge on any atom is 0.0623 e. The molecule has 5 fully saturated rings. The number of hydrogen-bond acceptors (Lipinski definition) is 3. The SMILES string of the molecule is CC(O)C1CC[C@H]2[C@@H]3C[C@H]4OC[C@@]5(CC[C@@](C)(O)CC45)C3CC[C@]12C. The third-order valence-electron chi connectivity index (χ3n) is 9.88. The predicted molar refractivity (Wildman–Crippen MR) is 97.0 cm³/mol. The first-order valence-corrected chi connectivity index (χ1v) is 10.8. The third kappa shape index (κ3) is 2.15. The van der Waals surface area contributed by atoms with Crippen LogP contribution in [-0.2, 0) is 4.74 Å². The molecule has 1 heterocycles. The van der Waals surface area contributed by atoms with Gasteiger partial charge in [0, 0.05) is 5.41 Å². The molecule has 4 saturated carbocycles. The summed E-state index contributed by atoms with van der Waals surface area (Å²) in [5.74, 6) is 3.41.